The molecule has 3 saturated heterocycles. The summed E-state index contributed by atoms with van der Waals surface area (Å²) in [6.45, 7) is 6.70. The van der Waals surface area contributed by atoms with Crippen molar-refractivity contribution in [2.45, 2.75) is 47.8 Å². The number of allylic oxidation sites excluding steroid dienone is 1. The summed E-state index contributed by atoms with van der Waals surface area (Å²) in [7, 11) is 0. The highest BCUT2D eigenvalue weighted by molar-refractivity contribution is 8.02. The lowest BCUT2D eigenvalue weighted by Crippen LogP contribution is -2.58. The largest absolute Gasteiger partial charge is 0.465 e. The number of aliphatic hydroxyl groups excluding tert-OH is 1. The van der Waals surface area contributed by atoms with Crippen LogP contribution in [-0.2, 0) is 30.3 Å². The van der Waals surface area contributed by atoms with Crippen molar-refractivity contribution in [2.75, 3.05) is 59.2 Å². The van der Waals surface area contributed by atoms with Gasteiger partial charge >= 0.3 is 5.97 Å². The monoisotopic (exact) mass is 595 g/mol. The Balaban J connectivity index is 1.40. The van der Waals surface area contributed by atoms with E-state index in [1.54, 1.807) is 16.7 Å². The van der Waals surface area contributed by atoms with Crippen molar-refractivity contribution in [1.82, 2.24) is 14.7 Å². The number of morpholine rings is 1. The topological polar surface area (TPSA) is 99.6 Å². The summed E-state index contributed by atoms with van der Waals surface area (Å²) in [5, 5.41) is 10.7. The molecular formula is C32H41N3O6S. The Morgan fingerprint density at radius 2 is 1.79 bits per heavy atom. The SMILES string of the molecule is C[C@]12/C=C\CCCOC(=O)[C@H]1[C@H]1C(=O)N([C@@H](CO)Cc3ccccc3)C3C(=O)N(CCN4CCOCC4)CC=C[C@@]31S2. The first-order valence-corrected chi connectivity index (χ1v) is 16.0. The van der Waals surface area contributed by atoms with Crippen molar-refractivity contribution >= 4 is 29.5 Å². The lowest BCUT2D eigenvalue weighted by atomic mass is 9.74. The van der Waals surface area contributed by atoms with Gasteiger partial charge in [-0.3, -0.25) is 19.3 Å². The van der Waals surface area contributed by atoms with E-state index in [1.165, 1.54) is 0 Å². The molecule has 10 heteroatoms. The third kappa shape index (κ3) is 5.20. The van der Waals surface area contributed by atoms with Crippen molar-refractivity contribution < 1.29 is 29.0 Å². The Labute approximate surface area is 251 Å². The molecule has 0 aliphatic carbocycles. The van der Waals surface area contributed by atoms with Crippen molar-refractivity contribution in [2.24, 2.45) is 11.8 Å². The second-order valence-electron chi connectivity index (χ2n) is 12.1. The van der Waals surface area contributed by atoms with Crippen LogP contribution in [0.15, 0.2) is 54.6 Å². The van der Waals surface area contributed by atoms with Crippen LogP contribution >= 0.6 is 11.8 Å². The Hall–Kier alpha value is -2.66. The highest BCUT2D eigenvalue weighted by Crippen LogP contribution is 2.65. The summed E-state index contributed by atoms with van der Waals surface area (Å²) < 4.78 is 9.54. The zero-order valence-electron chi connectivity index (χ0n) is 24.2. The molecule has 6 atom stereocenters. The summed E-state index contributed by atoms with van der Waals surface area (Å²) in [6.07, 6.45) is 10.1. The molecule has 2 amide bonds. The number of carbonyl (C=O) groups excluding carboxylic acids is 3. The number of fused-ring (bicyclic) bond motifs is 2. The van der Waals surface area contributed by atoms with E-state index in [9.17, 15) is 19.5 Å². The lowest BCUT2D eigenvalue weighted by molar-refractivity contribution is -0.154. The molecule has 1 N–H and O–H groups in total. The van der Waals surface area contributed by atoms with Gasteiger partial charge in [0.2, 0.25) is 11.8 Å². The van der Waals surface area contributed by atoms with Crippen LogP contribution in [0.4, 0.5) is 0 Å². The van der Waals surface area contributed by atoms with Gasteiger partial charge in [-0.2, -0.15) is 0 Å². The Morgan fingerprint density at radius 1 is 1.00 bits per heavy atom. The van der Waals surface area contributed by atoms with Crippen LogP contribution in [0.2, 0.25) is 0 Å². The fourth-order valence-electron chi connectivity index (χ4n) is 7.44. The molecule has 5 aliphatic rings. The van der Waals surface area contributed by atoms with Crippen molar-refractivity contribution in [1.29, 1.82) is 0 Å². The minimum atomic E-state index is -0.964. The quantitative estimate of drug-likeness (QED) is 0.377. The Bertz CT molecular complexity index is 1240. The molecule has 0 aromatic heterocycles. The third-order valence-electron chi connectivity index (χ3n) is 9.48. The van der Waals surface area contributed by atoms with Gasteiger partial charge in [0, 0.05) is 37.5 Å². The van der Waals surface area contributed by atoms with E-state index in [0.29, 0.717) is 39.3 Å². The summed E-state index contributed by atoms with van der Waals surface area (Å²) in [5.41, 5.74) is 0.971. The van der Waals surface area contributed by atoms with E-state index >= 15 is 0 Å². The van der Waals surface area contributed by atoms with Gasteiger partial charge in [0.25, 0.3) is 0 Å². The average Bonchev–Trinajstić information content (AvgIpc) is 3.36. The van der Waals surface area contributed by atoms with Crippen molar-refractivity contribution in [3.63, 3.8) is 0 Å². The van der Waals surface area contributed by atoms with E-state index in [2.05, 4.69) is 17.1 Å². The van der Waals surface area contributed by atoms with Gasteiger partial charge in [-0.05, 0) is 31.7 Å². The number of esters is 1. The number of amides is 2. The molecule has 0 radical (unpaired) electrons. The van der Waals surface area contributed by atoms with Crippen LogP contribution < -0.4 is 0 Å². The highest BCUT2D eigenvalue weighted by Gasteiger charge is 2.74. The van der Waals surface area contributed by atoms with Crippen molar-refractivity contribution in [3.8, 4) is 0 Å². The van der Waals surface area contributed by atoms with Crippen LogP contribution in [0.3, 0.4) is 0 Å². The molecule has 226 valence electrons. The molecule has 1 aromatic rings. The van der Waals surface area contributed by atoms with Crippen LogP contribution in [-0.4, -0.2) is 118 Å². The van der Waals surface area contributed by atoms with Gasteiger partial charge in [-0.15, -0.1) is 11.8 Å². The fraction of sp³-hybridized carbons (Fsp3) is 0.594. The van der Waals surface area contributed by atoms with Crippen LogP contribution in [0.5, 0.6) is 0 Å². The van der Waals surface area contributed by atoms with Crippen molar-refractivity contribution in [3.05, 3.63) is 60.2 Å². The number of benzene rings is 1. The van der Waals surface area contributed by atoms with E-state index < -0.39 is 33.4 Å². The van der Waals surface area contributed by atoms with E-state index in [-0.39, 0.29) is 24.4 Å². The number of hydrogen-bond donors (Lipinski definition) is 1. The predicted molar refractivity (Wildman–Crippen MR) is 160 cm³/mol. The fourth-order valence-corrected chi connectivity index (χ4v) is 9.58. The standard InChI is InChI=1S/C32H41N3O6S/c1-31-11-6-3-7-18-41-30(39)26(31)25-28(37)35(24(22-36)21-23-9-4-2-5-10-23)27-29(38)34(13-8-12-32(25,27)42-31)15-14-33-16-19-40-20-17-33/h2,4-6,8-12,24-27,36H,3,7,13-22H2,1H3/b11-6-/t24-,25+,26-,27?,31+,32+/m1/s1. The first kappa shape index (κ1) is 29.4. The minimum Gasteiger partial charge on any atom is -0.465 e. The summed E-state index contributed by atoms with van der Waals surface area (Å²) in [6, 6.07) is 8.26. The number of aliphatic hydroxyl groups is 1. The lowest BCUT2D eigenvalue weighted by Gasteiger charge is -2.40. The first-order chi connectivity index (χ1) is 20.4. The number of cyclic esters (lactones) is 1. The number of nitrogens with zero attached hydrogens (tertiary/aromatic N) is 3. The number of thioether (sulfide) groups is 1. The summed E-state index contributed by atoms with van der Waals surface area (Å²) in [5.74, 6) is -2.29. The molecule has 5 heterocycles. The number of ether oxygens (including phenoxy) is 2. The number of carbonyl (C=O) groups is 3. The molecule has 9 nitrogen and oxygen atoms in total. The second kappa shape index (κ2) is 12.1. The molecule has 1 spiro atoms. The van der Waals surface area contributed by atoms with Gasteiger partial charge in [-0.1, -0.05) is 54.6 Å². The normalized spacial score (nSPS) is 34.9. The molecule has 3 fully saturated rings. The van der Waals surface area contributed by atoms with Gasteiger partial charge in [0.1, 0.15) is 6.04 Å². The Morgan fingerprint density at radius 3 is 2.55 bits per heavy atom. The third-order valence-corrected chi connectivity index (χ3v) is 11.3. The molecule has 0 saturated carbocycles. The molecule has 0 bridgehead atoms. The van der Waals surface area contributed by atoms with Crippen LogP contribution in [0.1, 0.15) is 25.3 Å². The zero-order valence-corrected chi connectivity index (χ0v) is 25.0. The summed E-state index contributed by atoms with van der Waals surface area (Å²) >= 11 is 1.55. The molecule has 1 aromatic carbocycles. The molecule has 5 aliphatic heterocycles. The molecule has 1 unspecified atom stereocenters. The highest BCUT2D eigenvalue weighted by atomic mass is 32.2. The van der Waals surface area contributed by atoms with E-state index in [1.807, 2.05) is 54.3 Å². The second-order valence-corrected chi connectivity index (χ2v) is 13.9. The number of likely N-dealkylation sites (tertiary alicyclic amines) is 1. The maximum Gasteiger partial charge on any atom is 0.311 e. The van der Waals surface area contributed by atoms with Gasteiger partial charge in [-0.25, -0.2) is 0 Å². The molecule has 6 rings (SSSR count). The van der Waals surface area contributed by atoms with E-state index in [4.69, 9.17) is 9.47 Å². The number of rotatable bonds is 7. The van der Waals surface area contributed by atoms with Crippen LogP contribution in [0.25, 0.3) is 0 Å². The Kier molecular flexibility index (Phi) is 8.51. The maximum absolute atomic E-state index is 14.7. The van der Waals surface area contributed by atoms with Crippen LogP contribution in [0, 0.1) is 11.8 Å². The van der Waals surface area contributed by atoms with E-state index in [0.717, 1.165) is 38.0 Å². The molecular weight excluding hydrogens is 554 g/mol. The maximum atomic E-state index is 14.7. The van der Waals surface area contributed by atoms with Gasteiger partial charge < -0.3 is 24.4 Å². The predicted octanol–water partition coefficient (Wildman–Crippen LogP) is 1.90. The average molecular weight is 596 g/mol. The zero-order chi connectivity index (χ0) is 29.3. The molecule has 42 heavy (non-hydrogen) atoms. The first-order valence-electron chi connectivity index (χ1n) is 15.2. The minimum absolute atomic E-state index is 0.129. The number of hydrogen-bond acceptors (Lipinski definition) is 8. The van der Waals surface area contributed by atoms with Gasteiger partial charge in [0.05, 0.1) is 49.1 Å². The summed E-state index contributed by atoms with van der Waals surface area (Å²) in [4.78, 5) is 48.8. The van der Waals surface area contributed by atoms with Gasteiger partial charge in [0.15, 0.2) is 0 Å². The smallest absolute Gasteiger partial charge is 0.311 e.